The second-order valence-corrected chi connectivity index (χ2v) is 8.05. The molecule has 0 unspecified atom stereocenters. The second kappa shape index (κ2) is 5.97. The van der Waals surface area contributed by atoms with Crippen molar-refractivity contribution in [3.63, 3.8) is 0 Å². The fourth-order valence-corrected chi connectivity index (χ4v) is 5.76. The van der Waals surface area contributed by atoms with Crippen molar-refractivity contribution < 1.29 is 13.9 Å². The summed E-state index contributed by atoms with van der Waals surface area (Å²) in [6, 6.07) is 1.95. The Morgan fingerprint density at radius 1 is 1.26 bits per heavy atom. The lowest BCUT2D eigenvalue weighted by Crippen LogP contribution is -2.54. The van der Waals surface area contributed by atoms with Gasteiger partial charge in [-0.2, -0.15) is 0 Å². The molecule has 0 spiro atoms. The van der Waals surface area contributed by atoms with Crippen molar-refractivity contribution in [3.05, 3.63) is 24.2 Å². The van der Waals surface area contributed by atoms with Gasteiger partial charge in [-0.1, -0.05) is 0 Å². The van der Waals surface area contributed by atoms with E-state index in [1.807, 2.05) is 11.0 Å². The average molecular weight is 317 g/mol. The lowest BCUT2D eigenvalue weighted by molar-refractivity contribution is -0.159. The SMILES string of the molecule is COCCN(Cc1ccoc1)C(=O)C12CC3CC(CC(C3)C1)C2. The van der Waals surface area contributed by atoms with Gasteiger partial charge in [-0.25, -0.2) is 0 Å². The smallest absolute Gasteiger partial charge is 0.229 e. The van der Waals surface area contributed by atoms with Gasteiger partial charge in [0.05, 0.1) is 24.5 Å². The number of carbonyl (C=O) groups is 1. The largest absolute Gasteiger partial charge is 0.472 e. The Morgan fingerprint density at radius 3 is 2.43 bits per heavy atom. The standard InChI is InChI=1S/C19H27NO3/c1-22-5-3-20(12-14-2-4-23-13-14)18(21)19-9-15-6-16(10-19)8-17(7-15)11-19/h2,4,13,15-17H,3,5-12H2,1H3. The van der Waals surface area contributed by atoms with Gasteiger partial charge in [0.25, 0.3) is 0 Å². The highest BCUT2D eigenvalue weighted by molar-refractivity contribution is 5.83. The number of rotatable bonds is 6. The molecule has 4 nitrogen and oxygen atoms in total. The van der Waals surface area contributed by atoms with Crippen LogP contribution in [0.4, 0.5) is 0 Å². The summed E-state index contributed by atoms with van der Waals surface area (Å²) in [5.41, 5.74) is 0.992. The van der Waals surface area contributed by atoms with E-state index in [0.29, 0.717) is 25.6 Å². The predicted molar refractivity (Wildman–Crippen MR) is 86.6 cm³/mol. The van der Waals surface area contributed by atoms with Crippen molar-refractivity contribution in [1.29, 1.82) is 0 Å². The van der Waals surface area contributed by atoms with Crippen molar-refractivity contribution in [2.24, 2.45) is 23.2 Å². The van der Waals surface area contributed by atoms with Crippen LogP contribution >= 0.6 is 0 Å². The molecule has 5 rings (SSSR count). The minimum atomic E-state index is -0.0772. The van der Waals surface area contributed by atoms with Crippen LogP contribution in [0, 0.1) is 23.2 Å². The van der Waals surface area contributed by atoms with Crippen LogP contribution in [-0.4, -0.2) is 31.1 Å². The summed E-state index contributed by atoms with van der Waals surface area (Å²) < 4.78 is 10.4. The Bertz CT molecular complexity index is 516. The number of nitrogens with zero attached hydrogens (tertiary/aromatic N) is 1. The topological polar surface area (TPSA) is 42.7 Å². The first-order valence-corrected chi connectivity index (χ1v) is 8.98. The number of methoxy groups -OCH3 is 1. The molecule has 4 bridgehead atoms. The first kappa shape index (κ1) is 15.3. The van der Waals surface area contributed by atoms with Crippen LogP contribution in [0.5, 0.6) is 0 Å². The number of ether oxygens (including phenoxy) is 1. The van der Waals surface area contributed by atoms with Gasteiger partial charge in [0.1, 0.15) is 0 Å². The number of hydrogen-bond acceptors (Lipinski definition) is 3. The summed E-state index contributed by atoms with van der Waals surface area (Å²) in [4.78, 5) is 15.5. The molecule has 0 aromatic carbocycles. The van der Waals surface area contributed by atoms with E-state index in [1.165, 1.54) is 19.3 Å². The third-order valence-corrected chi connectivity index (χ3v) is 6.30. The van der Waals surface area contributed by atoms with E-state index < -0.39 is 0 Å². The van der Waals surface area contributed by atoms with Gasteiger partial charge in [-0.3, -0.25) is 4.79 Å². The van der Waals surface area contributed by atoms with Crippen molar-refractivity contribution in [2.75, 3.05) is 20.3 Å². The maximum absolute atomic E-state index is 13.5. The number of carbonyl (C=O) groups excluding carboxylic acids is 1. The highest BCUT2D eigenvalue weighted by Gasteiger charge is 2.55. The van der Waals surface area contributed by atoms with E-state index in [1.54, 1.807) is 19.6 Å². The van der Waals surface area contributed by atoms with Crippen molar-refractivity contribution >= 4 is 5.91 Å². The van der Waals surface area contributed by atoms with Gasteiger partial charge in [-0.05, 0) is 62.3 Å². The molecule has 1 aromatic heterocycles. The summed E-state index contributed by atoms with van der Waals surface area (Å²) in [6.45, 7) is 1.90. The minimum Gasteiger partial charge on any atom is -0.472 e. The zero-order valence-corrected chi connectivity index (χ0v) is 14.0. The van der Waals surface area contributed by atoms with Crippen LogP contribution in [-0.2, 0) is 16.1 Å². The van der Waals surface area contributed by atoms with Crippen LogP contribution in [0.15, 0.2) is 23.0 Å². The van der Waals surface area contributed by atoms with Gasteiger partial charge in [0.15, 0.2) is 0 Å². The third-order valence-electron chi connectivity index (χ3n) is 6.30. The first-order chi connectivity index (χ1) is 11.2. The molecule has 0 aliphatic heterocycles. The summed E-state index contributed by atoms with van der Waals surface area (Å²) >= 11 is 0. The molecule has 4 fully saturated rings. The summed E-state index contributed by atoms with van der Waals surface area (Å²) in [5.74, 6) is 2.75. The number of furan rings is 1. The predicted octanol–water partition coefficient (Wildman–Crippen LogP) is 3.47. The molecule has 126 valence electrons. The zero-order valence-electron chi connectivity index (χ0n) is 14.0. The Hall–Kier alpha value is -1.29. The Balaban J connectivity index is 1.54. The molecule has 4 saturated carbocycles. The highest BCUT2D eigenvalue weighted by Crippen LogP contribution is 2.60. The molecule has 0 atom stereocenters. The van der Waals surface area contributed by atoms with Crippen LogP contribution in [0.25, 0.3) is 0 Å². The van der Waals surface area contributed by atoms with Crippen LogP contribution in [0.1, 0.15) is 44.1 Å². The Labute approximate surface area is 138 Å². The van der Waals surface area contributed by atoms with E-state index in [0.717, 1.165) is 42.6 Å². The second-order valence-electron chi connectivity index (χ2n) is 8.05. The van der Waals surface area contributed by atoms with Gasteiger partial charge in [0, 0.05) is 25.8 Å². The quantitative estimate of drug-likeness (QED) is 0.807. The molecular formula is C19H27NO3. The van der Waals surface area contributed by atoms with Crippen LogP contribution < -0.4 is 0 Å². The Kier molecular flexibility index (Phi) is 3.96. The maximum Gasteiger partial charge on any atom is 0.229 e. The monoisotopic (exact) mass is 317 g/mol. The normalized spacial score (nSPS) is 34.7. The molecule has 0 saturated heterocycles. The third kappa shape index (κ3) is 2.82. The minimum absolute atomic E-state index is 0.0772. The summed E-state index contributed by atoms with van der Waals surface area (Å²) in [6.07, 6.45) is 10.9. The summed E-state index contributed by atoms with van der Waals surface area (Å²) in [5, 5.41) is 0. The van der Waals surface area contributed by atoms with Crippen LogP contribution in [0.2, 0.25) is 0 Å². The molecule has 23 heavy (non-hydrogen) atoms. The molecule has 0 N–H and O–H groups in total. The number of hydrogen-bond donors (Lipinski definition) is 0. The van der Waals surface area contributed by atoms with Crippen LogP contribution in [0.3, 0.4) is 0 Å². The molecular weight excluding hydrogens is 290 g/mol. The maximum atomic E-state index is 13.5. The van der Waals surface area contributed by atoms with Gasteiger partial charge in [-0.15, -0.1) is 0 Å². The van der Waals surface area contributed by atoms with Crippen molar-refractivity contribution in [1.82, 2.24) is 4.90 Å². The molecule has 4 aliphatic carbocycles. The van der Waals surface area contributed by atoms with Crippen molar-refractivity contribution in [2.45, 2.75) is 45.1 Å². The number of amides is 1. The molecule has 0 radical (unpaired) electrons. The first-order valence-electron chi connectivity index (χ1n) is 8.98. The molecule has 1 heterocycles. The van der Waals surface area contributed by atoms with Gasteiger partial charge >= 0.3 is 0 Å². The van der Waals surface area contributed by atoms with E-state index in [4.69, 9.17) is 9.15 Å². The molecule has 4 heteroatoms. The zero-order chi connectivity index (χ0) is 15.9. The van der Waals surface area contributed by atoms with E-state index in [2.05, 4.69) is 0 Å². The van der Waals surface area contributed by atoms with E-state index in [9.17, 15) is 4.79 Å². The lowest BCUT2D eigenvalue weighted by atomic mass is 9.49. The molecule has 1 amide bonds. The Morgan fingerprint density at radius 2 is 1.91 bits per heavy atom. The molecule has 4 aliphatic rings. The fourth-order valence-electron chi connectivity index (χ4n) is 5.76. The van der Waals surface area contributed by atoms with E-state index in [-0.39, 0.29) is 5.41 Å². The fraction of sp³-hybridized carbons (Fsp3) is 0.737. The van der Waals surface area contributed by atoms with Gasteiger partial charge < -0.3 is 14.1 Å². The average Bonchev–Trinajstić information content (AvgIpc) is 3.02. The van der Waals surface area contributed by atoms with Crippen molar-refractivity contribution in [3.8, 4) is 0 Å². The molecule has 1 aromatic rings. The lowest BCUT2D eigenvalue weighted by Gasteiger charge is -2.56. The highest BCUT2D eigenvalue weighted by atomic mass is 16.5. The summed E-state index contributed by atoms with van der Waals surface area (Å²) in [7, 11) is 1.70. The van der Waals surface area contributed by atoms with Gasteiger partial charge in [0.2, 0.25) is 5.91 Å². The van der Waals surface area contributed by atoms with E-state index >= 15 is 0 Å².